The Bertz CT molecular complexity index is 583. The summed E-state index contributed by atoms with van der Waals surface area (Å²) in [6, 6.07) is 9.76. The molecule has 0 aliphatic carbocycles. The Balaban J connectivity index is 2.00. The number of nitrogens with one attached hydrogen (secondary N) is 1. The van der Waals surface area contributed by atoms with Gasteiger partial charge in [-0.3, -0.25) is 0 Å². The second-order valence-corrected chi connectivity index (χ2v) is 6.48. The fourth-order valence-corrected chi connectivity index (χ4v) is 3.77. The number of fused-ring (bicyclic) bond motifs is 1. The molecular weight excluding hydrogens is 238 g/mol. The van der Waals surface area contributed by atoms with Gasteiger partial charge in [0.25, 0.3) is 0 Å². The van der Waals surface area contributed by atoms with Crippen LogP contribution in [0.15, 0.2) is 24.3 Å². The molecule has 0 amide bonds. The topological polar surface area (TPSA) is 12.0 Å². The van der Waals surface area contributed by atoms with E-state index in [0.29, 0.717) is 6.04 Å². The number of hydrogen-bond acceptors (Lipinski definition) is 2. The fraction of sp³-hybridized carbons (Fsp3) is 0.375. The van der Waals surface area contributed by atoms with Crippen LogP contribution in [0.25, 0.3) is 10.4 Å². The molecule has 1 unspecified atom stereocenters. The molecule has 1 N–H and O–H groups in total. The van der Waals surface area contributed by atoms with Gasteiger partial charge in [-0.25, -0.2) is 0 Å². The van der Waals surface area contributed by atoms with Crippen molar-refractivity contribution in [2.45, 2.75) is 39.8 Å². The minimum atomic E-state index is 0.615. The summed E-state index contributed by atoms with van der Waals surface area (Å²) in [6.45, 7) is 7.65. The average molecular weight is 257 g/mol. The van der Waals surface area contributed by atoms with Crippen LogP contribution in [-0.2, 0) is 13.0 Å². The molecule has 1 atom stereocenters. The molecule has 1 aliphatic heterocycles. The number of thiophene rings is 1. The van der Waals surface area contributed by atoms with Crippen molar-refractivity contribution in [1.82, 2.24) is 5.32 Å². The van der Waals surface area contributed by atoms with E-state index in [1.807, 2.05) is 11.3 Å². The Morgan fingerprint density at radius 1 is 1.17 bits per heavy atom. The minimum absolute atomic E-state index is 0.615. The lowest BCUT2D eigenvalue weighted by atomic mass is 10.0. The Hall–Kier alpha value is -1.12. The van der Waals surface area contributed by atoms with Crippen molar-refractivity contribution in [3.63, 3.8) is 0 Å². The van der Waals surface area contributed by atoms with Crippen molar-refractivity contribution in [2.24, 2.45) is 0 Å². The molecule has 0 fully saturated rings. The third-order valence-electron chi connectivity index (χ3n) is 3.82. The quantitative estimate of drug-likeness (QED) is 0.812. The summed E-state index contributed by atoms with van der Waals surface area (Å²) in [5.41, 5.74) is 5.61. The lowest BCUT2D eigenvalue weighted by Gasteiger charge is -2.19. The molecule has 0 saturated heterocycles. The van der Waals surface area contributed by atoms with E-state index >= 15 is 0 Å². The van der Waals surface area contributed by atoms with Crippen LogP contribution in [0.4, 0.5) is 0 Å². The van der Waals surface area contributed by atoms with Crippen molar-refractivity contribution >= 4 is 11.3 Å². The second-order valence-electron chi connectivity index (χ2n) is 5.34. The minimum Gasteiger partial charge on any atom is -0.310 e. The number of hydrogen-bond donors (Lipinski definition) is 1. The zero-order chi connectivity index (χ0) is 12.7. The summed E-state index contributed by atoms with van der Waals surface area (Å²) in [6.07, 6.45) is 1.17. The highest BCUT2D eigenvalue weighted by Gasteiger charge is 2.18. The highest BCUT2D eigenvalue weighted by atomic mass is 32.1. The predicted octanol–water partition coefficient (Wildman–Crippen LogP) is 4.07. The molecule has 2 heteroatoms. The van der Waals surface area contributed by atoms with Crippen molar-refractivity contribution in [1.29, 1.82) is 0 Å². The summed E-state index contributed by atoms with van der Waals surface area (Å²) in [5.74, 6) is 0. The van der Waals surface area contributed by atoms with Crippen LogP contribution < -0.4 is 5.32 Å². The smallest absolute Gasteiger partial charge is 0.0349 e. The highest BCUT2D eigenvalue weighted by Crippen LogP contribution is 2.34. The maximum atomic E-state index is 3.53. The van der Waals surface area contributed by atoms with Gasteiger partial charge >= 0.3 is 0 Å². The predicted molar refractivity (Wildman–Crippen MR) is 79.2 cm³/mol. The van der Waals surface area contributed by atoms with Crippen molar-refractivity contribution in [3.05, 3.63) is 45.8 Å². The van der Waals surface area contributed by atoms with E-state index in [0.717, 1.165) is 6.54 Å². The first-order valence-electron chi connectivity index (χ1n) is 6.56. The van der Waals surface area contributed by atoms with Gasteiger partial charge in [-0.15, -0.1) is 11.3 Å². The largest absolute Gasteiger partial charge is 0.310 e. The summed E-state index contributed by atoms with van der Waals surface area (Å²) < 4.78 is 0. The van der Waals surface area contributed by atoms with E-state index in [-0.39, 0.29) is 0 Å². The van der Waals surface area contributed by atoms with Gasteiger partial charge in [0.15, 0.2) is 0 Å². The molecule has 0 radical (unpaired) electrons. The number of benzene rings is 1. The van der Waals surface area contributed by atoms with Gasteiger partial charge in [0, 0.05) is 22.3 Å². The maximum absolute atomic E-state index is 3.53. The van der Waals surface area contributed by atoms with E-state index in [1.165, 1.54) is 33.6 Å². The molecule has 0 saturated carbocycles. The van der Waals surface area contributed by atoms with Crippen LogP contribution in [-0.4, -0.2) is 6.04 Å². The Morgan fingerprint density at radius 3 is 2.78 bits per heavy atom. The van der Waals surface area contributed by atoms with Gasteiger partial charge in [-0.1, -0.05) is 18.2 Å². The molecule has 1 aromatic heterocycles. The van der Waals surface area contributed by atoms with Gasteiger partial charge in [0.2, 0.25) is 0 Å². The van der Waals surface area contributed by atoms with Crippen LogP contribution in [0.3, 0.4) is 0 Å². The molecule has 1 nitrogen and oxygen atoms in total. The van der Waals surface area contributed by atoms with Gasteiger partial charge in [-0.05, 0) is 55.5 Å². The maximum Gasteiger partial charge on any atom is 0.0349 e. The summed E-state index contributed by atoms with van der Waals surface area (Å²) in [5, 5.41) is 3.53. The highest BCUT2D eigenvalue weighted by molar-refractivity contribution is 7.15. The normalized spacial score (nSPS) is 18.7. The standard InChI is InChI=1S/C16H19NS/c1-10-4-5-13(6-11(10)2)16-8-14-9-17-12(3)7-15(14)18-16/h4-6,8,12,17H,7,9H2,1-3H3. The molecular formula is C16H19NS. The van der Waals surface area contributed by atoms with Crippen LogP contribution in [0, 0.1) is 13.8 Å². The van der Waals surface area contributed by atoms with Crippen molar-refractivity contribution in [3.8, 4) is 10.4 Å². The molecule has 94 valence electrons. The SMILES string of the molecule is Cc1ccc(-c2cc3c(s2)CC(C)NC3)cc1C. The van der Waals surface area contributed by atoms with Crippen molar-refractivity contribution < 1.29 is 0 Å². The summed E-state index contributed by atoms with van der Waals surface area (Å²) in [7, 11) is 0. The molecule has 0 spiro atoms. The third kappa shape index (κ3) is 2.11. The third-order valence-corrected chi connectivity index (χ3v) is 5.07. The molecule has 18 heavy (non-hydrogen) atoms. The van der Waals surface area contributed by atoms with E-state index in [2.05, 4.69) is 50.4 Å². The first-order valence-corrected chi connectivity index (χ1v) is 7.38. The average Bonchev–Trinajstić information content (AvgIpc) is 2.75. The van der Waals surface area contributed by atoms with Crippen LogP contribution >= 0.6 is 11.3 Å². The van der Waals surface area contributed by atoms with Crippen molar-refractivity contribution in [2.75, 3.05) is 0 Å². The van der Waals surface area contributed by atoms with E-state index in [9.17, 15) is 0 Å². The summed E-state index contributed by atoms with van der Waals surface area (Å²) >= 11 is 1.97. The molecule has 2 heterocycles. The Kier molecular flexibility index (Phi) is 3.00. The molecule has 0 bridgehead atoms. The van der Waals surface area contributed by atoms with Gasteiger partial charge in [0.05, 0.1) is 0 Å². The van der Waals surface area contributed by atoms with Gasteiger partial charge in [0.1, 0.15) is 0 Å². The second kappa shape index (κ2) is 4.52. The first kappa shape index (κ1) is 11.9. The lowest BCUT2D eigenvalue weighted by Crippen LogP contribution is -2.31. The lowest BCUT2D eigenvalue weighted by molar-refractivity contribution is 0.520. The fourth-order valence-electron chi connectivity index (χ4n) is 2.46. The Morgan fingerprint density at radius 2 is 2.00 bits per heavy atom. The Labute approximate surface area is 113 Å². The molecule has 2 aromatic rings. The summed E-state index contributed by atoms with van der Waals surface area (Å²) in [4.78, 5) is 2.98. The van der Waals surface area contributed by atoms with E-state index < -0.39 is 0 Å². The molecule has 1 aromatic carbocycles. The molecule has 3 rings (SSSR count). The number of aryl methyl sites for hydroxylation is 2. The van der Waals surface area contributed by atoms with Crippen LogP contribution in [0.5, 0.6) is 0 Å². The van der Waals surface area contributed by atoms with Crippen LogP contribution in [0.2, 0.25) is 0 Å². The van der Waals surface area contributed by atoms with Gasteiger partial charge in [-0.2, -0.15) is 0 Å². The zero-order valence-corrected chi connectivity index (χ0v) is 12.0. The number of rotatable bonds is 1. The monoisotopic (exact) mass is 257 g/mol. The first-order chi connectivity index (χ1) is 8.63. The molecule has 1 aliphatic rings. The van der Waals surface area contributed by atoms with E-state index in [4.69, 9.17) is 0 Å². The van der Waals surface area contributed by atoms with Gasteiger partial charge < -0.3 is 5.32 Å². The van der Waals surface area contributed by atoms with Crippen LogP contribution in [0.1, 0.15) is 28.5 Å². The zero-order valence-electron chi connectivity index (χ0n) is 11.2. The van der Waals surface area contributed by atoms with E-state index in [1.54, 1.807) is 4.88 Å².